The van der Waals surface area contributed by atoms with Gasteiger partial charge in [0, 0.05) is 18.8 Å². The number of benzene rings is 1. The van der Waals surface area contributed by atoms with Crippen molar-refractivity contribution in [3.63, 3.8) is 0 Å². The molecule has 0 aliphatic heterocycles. The number of nitrogens with two attached hydrogens (primary N) is 1. The van der Waals surface area contributed by atoms with E-state index in [4.69, 9.17) is 5.73 Å². The van der Waals surface area contributed by atoms with Crippen molar-refractivity contribution < 1.29 is 0 Å². The lowest BCUT2D eigenvalue weighted by Crippen LogP contribution is -2.01. The van der Waals surface area contributed by atoms with Crippen molar-refractivity contribution in [1.29, 1.82) is 0 Å². The highest BCUT2D eigenvalue weighted by molar-refractivity contribution is 5.45. The van der Waals surface area contributed by atoms with E-state index in [1.807, 2.05) is 12.1 Å². The molecule has 0 heterocycles. The summed E-state index contributed by atoms with van der Waals surface area (Å²) in [4.78, 5) is 0. The Kier molecular flexibility index (Phi) is 3.61. The second-order valence-electron chi connectivity index (χ2n) is 2.83. The van der Waals surface area contributed by atoms with Crippen LogP contribution in [0, 0.1) is 0 Å². The first-order chi connectivity index (χ1) is 5.86. The van der Waals surface area contributed by atoms with Gasteiger partial charge in [0.25, 0.3) is 0 Å². The predicted octanol–water partition coefficient (Wildman–Crippen LogP) is 1.97. The Morgan fingerprint density at radius 2 is 2.25 bits per heavy atom. The lowest BCUT2D eigenvalue weighted by Gasteiger charge is -2.05. The summed E-state index contributed by atoms with van der Waals surface area (Å²) in [5, 5.41) is 3.31. The van der Waals surface area contributed by atoms with Gasteiger partial charge in [0.15, 0.2) is 0 Å². The van der Waals surface area contributed by atoms with Crippen LogP contribution in [0.4, 0.5) is 5.69 Å². The standard InChI is InChI=1S/C10H16N2/c1-2-6-12-10-5-3-4-9(7-10)8-11/h3-5,7,12H,2,6,8,11H2,1H3. The summed E-state index contributed by atoms with van der Waals surface area (Å²) < 4.78 is 0. The zero-order valence-electron chi connectivity index (χ0n) is 7.51. The maximum absolute atomic E-state index is 5.52. The lowest BCUT2D eigenvalue weighted by atomic mass is 10.2. The van der Waals surface area contributed by atoms with Gasteiger partial charge in [-0.1, -0.05) is 19.1 Å². The predicted molar refractivity (Wildman–Crippen MR) is 53.1 cm³/mol. The van der Waals surface area contributed by atoms with E-state index >= 15 is 0 Å². The first-order valence-electron chi connectivity index (χ1n) is 4.39. The maximum atomic E-state index is 5.52. The molecule has 0 aromatic heterocycles. The van der Waals surface area contributed by atoms with Crippen molar-refractivity contribution in [3.8, 4) is 0 Å². The average Bonchev–Trinajstić information content (AvgIpc) is 2.15. The summed E-state index contributed by atoms with van der Waals surface area (Å²) in [6.07, 6.45) is 1.15. The van der Waals surface area contributed by atoms with Gasteiger partial charge in [-0.15, -0.1) is 0 Å². The molecule has 2 heteroatoms. The van der Waals surface area contributed by atoms with Crippen molar-refractivity contribution in [3.05, 3.63) is 29.8 Å². The first-order valence-corrected chi connectivity index (χ1v) is 4.39. The molecule has 3 N–H and O–H groups in total. The summed E-state index contributed by atoms with van der Waals surface area (Å²) in [6, 6.07) is 8.22. The van der Waals surface area contributed by atoms with Gasteiger partial charge in [0.1, 0.15) is 0 Å². The Labute approximate surface area is 73.8 Å². The van der Waals surface area contributed by atoms with Gasteiger partial charge in [0.05, 0.1) is 0 Å². The lowest BCUT2D eigenvalue weighted by molar-refractivity contribution is 0.977. The molecule has 0 bridgehead atoms. The second kappa shape index (κ2) is 4.78. The Morgan fingerprint density at radius 3 is 2.92 bits per heavy atom. The fourth-order valence-corrected chi connectivity index (χ4v) is 1.08. The Morgan fingerprint density at radius 1 is 1.42 bits per heavy atom. The van der Waals surface area contributed by atoms with Crippen LogP contribution in [0.3, 0.4) is 0 Å². The highest BCUT2D eigenvalue weighted by Crippen LogP contribution is 2.09. The third-order valence-electron chi connectivity index (χ3n) is 1.74. The van der Waals surface area contributed by atoms with Gasteiger partial charge in [-0.2, -0.15) is 0 Å². The minimum atomic E-state index is 0.613. The van der Waals surface area contributed by atoms with Crippen LogP contribution in [0.1, 0.15) is 18.9 Å². The zero-order valence-corrected chi connectivity index (χ0v) is 7.51. The summed E-state index contributed by atoms with van der Waals surface area (Å²) in [5.74, 6) is 0. The maximum Gasteiger partial charge on any atom is 0.0343 e. The van der Waals surface area contributed by atoms with Gasteiger partial charge in [-0.25, -0.2) is 0 Å². The van der Waals surface area contributed by atoms with Crippen LogP contribution in [0.5, 0.6) is 0 Å². The normalized spacial score (nSPS) is 9.83. The van der Waals surface area contributed by atoms with Crippen LogP contribution in [-0.4, -0.2) is 6.54 Å². The first kappa shape index (κ1) is 9.07. The number of hydrogen-bond acceptors (Lipinski definition) is 2. The quantitative estimate of drug-likeness (QED) is 0.714. The molecule has 1 aromatic carbocycles. The van der Waals surface area contributed by atoms with E-state index in [2.05, 4.69) is 24.4 Å². The molecule has 0 aliphatic carbocycles. The Hall–Kier alpha value is -1.02. The molecular weight excluding hydrogens is 148 g/mol. The minimum Gasteiger partial charge on any atom is -0.385 e. The molecule has 0 unspecified atom stereocenters. The van der Waals surface area contributed by atoms with Crippen LogP contribution >= 0.6 is 0 Å². The van der Waals surface area contributed by atoms with Gasteiger partial charge >= 0.3 is 0 Å². The molecule has 2 nitrogen and oxygen atoms in total. The largest absolute Gasteiger partial charge is 0.385 e. The third kappa shape index (κ3) is 2.55. The van der Waals surface area contributed by atoms with Gasteiger partial charge in [0.2, 0.25) is 0 Å². The smallest absolute Gasteiger partial charge is 0.0343 e. The molecular formula is C10H16N2. The number of nitrogens with one attached hydrogen (secondary N) is 1. The highest BCUT2D eigenvalue weighted by atomic mass is 14.9. The molecule has 66 valence electrons. The third-order valence-corrected chi connectivity index (χ3v) is 1.74. The van der Waals surface area contributed by atoms with E-state index in [0.717, 1.165) is 13.0 Å². The molecule has 0 saturated carbocycles. The van der Waals surface area contributed by atoms with Crippen molar-refractivity contribution >= 4 is 5.69 Å². The number of anilines is 1. The summed E-state index contributed by atoms with van der Waals surface area (Å²) >= 11 is 0. The van der Waals surface area contributed by atoms with Crippen molar-refractivity contribution in [1.82, 2.24) is 0 Å². The van der Waals surface area contributed by atoms with Gasteiger partial charge in [-0.3, -0.25) is 0 Å². The molecule has 12 heavy (non-hydrogen) atoms. The van der Waals surface area contributed by atoms with E-state index in [1.165, 1.54) is 11.3 Å². The van der Waals surface area contributed by atoms with Crippen molar-refractivity contribution in [2.24, 2.45) is 5.73 Å². The van der Waals surface area contributed by atoms with E-state index in [1.54, 1.807) is 0 Å². The monoisotopic (exact) mass is 164 g/mol. The average molecular weight is 164 g/mol. The van der Waals surface area contributed by atoms with E-state index in [0.29, 0.717) is 6.54 Å². The molecule has 0 spiro atoms. The molecule has 0 amide bonds. The minimum absolute atomic E-state index is 0.613. The highest BCUT2D eigenvalue weighted by Gasteiger charge is 1.91. The summed E-state index contributed by atoms with van der Waals surface area (Å²) in [5.41, 5.74) is 7.86. The van der Waals surface area contributed by atoms with Crippen LogP contribution in [0.2, 0.25) is 0 Å². The number of hydrogen-bond donors (Lipinski definition) is 2. The van der Waals surface area contributed by atoms with Crippen LogP contribution in [0.15, 0.2) is 24.3 Å². The zero-order chi connectivity index (χ0) is 8.81. The summed E-state index contributed by atoms with van der Waals surface area (Å²) in [6.45, 7) is 3.79. The molecule has 0 fully saturated rings. The summed E-state index contributed by atoms with van der Waals surface area (Å²) in [7, 11) is 0. The van der Waals surface area contributed by atoms with E-state index in [-0.39, 0.29) is 0 Å². The number of rotatable bonds is 4. The molecule has 1 aromatic rings. The van der Waals surface area contributed by atoms with Crippen molar-refractivity contribution in [2.75, 3.05) is 11.9 Å². The molecule has 1 rings (SSSR count). The topological polar surface area (TPSA) is 38.0 Å². The SMILES string of the molecule is CCCNc1cccc(CN)c1. The van der Waals surface area contributed by atoms with Crippen LogP contribution in [-0.2, 0) is 6.54 Å². The van der Waals surface area contributed by atoms with Gasteiger partial charge in [-0.05, 0) is 24.1 Å². The fraction of sp³-hybridized carbons (Fsp3) is 0.400. The molecule has 0 radical (unpaired) electrons. The van der Waals surface area contributed by atoms with Gasteiger partial charge < -0.3 is 11.1 Å². The second-order valence-corrected chi connectivity index (χ2v) is 2.83. The van der Waals surface area contributed by atoms with Crippen LogP contribution in [0.25, 0.3) is 0 Å². The molecule has 0 aliphatic rings. The Balaban J connectivity index is 2.60. The Bertz CT molecular complexity index is 233. The van der Waals surface area contributed by atoms with E-state index < -0.39 is 0 Å². The molecule has 0 saturated heterocycles. The van der Waals surface area contributed by atoms with E-state index in [9.17, 15) is 0 Å². The van der Waals surface area contributed by atoms with Crippen LogP contribution < -0.4 is 11.1 Å². The fourth-order valence-electron chi connectivity index (χ4n) is 1.08. The molecule has 0 atom stereocenters. The van der Waals surface area contributed by atoms with Crippen molar-refractivity contribution in [2.45, 2.75) is 19.9 Å².